The molecule has 1 aliphatic heterocycles. The Balaban J connectivity index is 1.13. The van der Waals surface area contributed by atoms with Gasteiger partial charge in [-0.2, -0.15) is 4.98 Å². The summed E-state index contributed by atoms with van der Waals surface area (Å²) in [7, 11) is 0. The van der Waals surface area contributed by atoms with Gasteiger partial charge in [0.15, 0.2) is 5.82 Å². The molecule has 1 saturated carbocycles. The molecule has 1 aromatic carbocycles. The Hall–Kier alpha value is -2.21. The second kappa shape index (κ2) is 9.32. The monoisotopic (exact) mass is 383 g/mol. The molecule has 0 atom stereocenters. The van der Waals surface area contributed by atoms with Crippen LogP contribution in [0.4, 0.5) is 0 Å². The van der Waals surface area contributed by atoms with E-state index in [0.717, 1.165) is 17.9 Å². The maximum atomic E-state index is 12.3. The van der Waals surface area contributed by atoms with E-state index in [0.29, 0.717) is 50.9 Å². The lowest BCUT2D eigenvalue weighted by atomic mass is 9.97. The molecular weight excluding hydrogens is 354 g/mol. The first kappa shape index (κ1) is 19.1. The molecule has 6 heteroatoms. The van der Waals surface area contributed by atoms with Gasteiger partial charge >= 0.3 is 0 Å². The summed E-state index contributed by atoms with van der Waals surface area (Å²) in [5.41, 5.74) is 1.16. The van der Waals surface area contributed by atoms with Crippen LogP contribution in [0.25, 0.3) is 0 Å². The van der Waals surface area contributed by atoms with Gasteiger partial charge in [-0.3, -0.25) is 4.79 Å². The van der Waals surface area contributed by atoms with Crippen molar-refractivity contribution >= 4 is 5.91 Å². The summed E-state index contributed by atoms with van der Waals surface area (Å²) in [6.07, 6.45) is 7.64. The highest BCUT2D eigenvalue weighted by atomic mass is 16.5. The third-order valence-corrected chi connectivity index (χ3v) is 5.89. The van der Waals surface area contributed by atoms with Gasteiger partial charge in [0, 0.05) is 25.9 Å². The van der Waals surface area contributed by atoms with Crippen molar-refractivity contribution in [3.63, 3.8) is 0 Å². The molecule has 2 aliphatic rings. The quantitative estimate of drug-likeness (QED) is 0.617. The molecule has 28 heavy (non-hydrogen) atoms. The normalized spacial score (nSPS) is 17.8. The Labute approximate surface area is 166 Å². The third-order valence-electron chi connectivity index (χ3n) is 5.89. The summed E-state index contributed by atoms with van der Waals surface area (Å²) in [6, 6.07) is 10.1. The van der Waals surface area contributed by atoms with Gasteiger partial charge in [0.25, 0.3) is 0 Å². The molecule has 0 radical (unpaired) electrons. The second-order valence-electron chi connectivity index (χ2n) is 8.02. The van der Waals surface area contributed by atoms with Crippen LogP contribution in [0.15, 0.2) is 34.9 Å². The summed E-state index contributed by atoms with van der Waals surface area (Å²) < 4.78 is 11.1. The van der Waals surface area contributed by atoms with Gasteiger partial charge in [-0.05, 0) is 17.9 Å². The van der Waals surface area contributed by atoms with E-state index in [9.17, 15) is 4.79 Å². The van der Waals surface area contributed by atoms with Crippen molar-refractivity contribution in [3.8, 4) is 0 Å². The van der Waals surface area contributed by atoms with Gasteiger partial charge in [0.1, 0.15) is 0 Å². The van der Waals surface area contributed by atoms with Crippen molar-refractivity contribution in [1.29, 1.82) is 0 Å². The summed E-state index contributed by atoms with van der Waals surface area (Å²) in [4.78, 5) is 18.7. The van der Waals surface area contributed by atoms with E-state index >= 15 is 0 Å². The van der Waals surface area contributed by atoms with Crippen LogP contribution in [-0.2, 0) is 22.6 Å². The van der Waals surface area contributed by atoms with Crippen LogP contribution < -0.4 is 0 Å². The van der Waals surface area contributed by atoms with Crippen LogP contribution in [-0.4, -0.2) is 40.6 Å². The highest BCUT2D eigenvalue weighted by Crippen LogP contribution is 2.30. The number of ether oxygens (including phenoxy) is 1. The molecule has 1 amide bonds. The highest BCUT2D eigenvalue weighted by molar-refractivity contribution is 5.77. The molecule has 0 bridgehead atoms. The lowest BCUT2D eigenvalue weighted by Gasteiger charge is -2.37. The first-order valence-electron chi connectivity index (χ1n) is 10.5. The minimum atomic E-state index is 0.182. The lowest BCUT2D eigenvalue weighted by molar-refractivity contribution is -0.136. The molecule has 1 aromatic heterocycles. The first-order valence-corrected chi connectivity index (χ1v) is 10.5. The van der Waals surface area contributed by atoms with Crippen LogP contribution in [0.3, 0.4) is 0 Å². The zero-order valence-corrected chi connectivity index (χ0v) is 16.4. The molecule has 0 N–H and O–H groups in total. The number of amides is 1. The van der Waals surface area contributed by atoms with Crippen molar-refractivity contribution < 1.29 is 14.1 Å². The lowest BCUT2D eigenvalue weighted by Crippen LogP contribution is -2.48. The Morgan fingerprint density at radius 1 is 1.18 bits per heavy atom. The van der Waals surface area contributed by atoms with E-state index in [1.165, 1.54) is 25.7 Å². The van der Waals surface area contributed by atoms with Crippen LogP contribution in [0, 0.1) is 5.92 Å². The Bertz CT molecular complexity index is 749. The van der Waals surface area contributed by atoms with Gasteiger partial charge in [0.05, 0.1) is 19.1 Å². The Morgan fingerprint density at radius 2 is 1.96 bits per heavy atom. The minimum Gasteiger partial charge on any atom is -0.376 e. The number of carbonyl (C=O) groups is 1. The smallest absolute Gasteiger partial charge is 0.233 e. The minimum absolute atomic E-state index is 0.182. The molecule has 1 aliphatic carbocycles. The highest BCUT2D eigenvalue weighted by Gasteiger charge is 2.35. The molecule has 0 unspecified atom stereocenters. The average molecular weight is 383 g/mol. The fraction of sp³-hybridized carbons (Fsp3) is 0.591. The van der Waals surface area contributed by atoms with E-state index in [4.69, 9.17) is 9.26 Å². The predicted octanol–water partition coefficient (Wildman–Crippen LogP) is 3.73. The SMILES string of the molecule is O=C(CCC1CCCC1)N1CC(c2nc(CCOCc3ccccc3)no2)C1. The van der Waals surface area contributed by atoms with E-state index in [2.05, 4.69) is 10.1 Å². The fourth-order valence-corrected chi connectivity index (χ4v) is 4.09. The number of benzene rings is 1. The summed E-state index contributed by atoms with van der Waals surface area (Å²) in [6.45, 7) is 2.56. The number of likely N-dealkylation sites (tertiary alicyclic amines) is 1. The molecule has 2 aromatic rings. The zero-order chi connectivity index (χ0) is 19.2. The van der Waals surface area contributed by atoms with Gasteiger partial charge in [0.2, 0.25) is 11.8 Å². The van der Waals surface area contributed by atoms with E-state index in [-0.39, 0.29) is 11.8 Å². The molecule has 150 valence electrons. The van der Waals surface area contributed by atoms with Gasteiger partial charge in [-0.15, -0.1) is 0 Å². The summed E-state index contributed by atoms with van der Waals surface area (Å²) in [5, 5.41) is 4.05. The van der Waals surface area contributed by atoms with Gasteiger partial charge in [-0.25, -0.2) is 0 Å². The number of hydrogen-bond acceptors (Lipinski definition) is 5. The number of rotatable bonds is 9. The number of aromatic nitrogens is 2. The van der Waals surface area contributed by atoms with Crippen LogP contribution in [0.1, 0.15) is 61.7 Å². The molecule has 6 nitrogen and oxygen atoms in total. The second-order valence-corrected chi connectivity index (χ2v) is 8.02. The Kier molecular flexibility index (Phi) is 6.37. The van der Waals surface area contributed by atoms with Crippen LogP contribution in [0.2, 0.25) is 0 Å². The fourth-order valence-electron chi connectivity index (χ4n) is 4.09. The van der Waals surface area contributed by atoms with Crippen LogP contribution in [0.5, 0.6) is 0 Å². The van der Waals surface area contributed by atoms with Crippen molar-refractivity contribution in [2.24, 2.45) is 5.92 Å². The van der Waals surface area contributed by atoms with Crippen molar-refractivity contribution in [2.75, 3.05) is 19.7 Å². The average Bonchev–Trinajstić information content (AvgIpc) is 3.35. The van der Waals surface area contributed by atoms with E-state index in [1.807, 2.05) is 35.2 Å². The molecule has 0 spiro atoms. The molecule has 2 fully saturated rings. The maximum Gasteiger partial charge on any atom is 0.233 e. The van der Waals surface area contributed by atoms with E-state index in [1.54, 1.807) is 0 Å². The molecule has 1 saturated heterocycles. The zero-order valence-electron chi connectivity index (χ0n) is 16.4. The van der Waals surface area contributed by atoms with Gasteiger partial charge in [-0.1, -0.05) is 61.2 Å². The van der Waals surface area contributed by atoms with Crippen molar-refractivity contribution in [2.45, 2.75) is 57.5 Å². The standard InChI is InChI=1S/C22H29N3O3/c26-21(11-10-17-6-4-5-7-17)25-14-19(15-25)22-23-20(24-28-22)12-13-27-16-18-8-2-1-3-9-18/h1-3,8-9,17,19H,4-7,10-16H2. The summed E-state index contributed by atoms with van der Waals surface area (Å²) >= 11 is 0. The maximum absolute atomic E-state index is 12.3. The van der Waals surface area contributed by atoms with Crippen molar-refractivity contribution in [3.05, 3.63) is 47.6 Å². The number of hydrogen-bond donors (Lipinski definition) is 0. The molecule has 2 heterocycles. The van der Waals surface area contributed by atoms with Crippen LogP contribution >= 0.6 is 0 Å². The largest absolute Gasteiger partial charge is 0.376 e. The molecule has 4 rings (SSSR count). The van der Waals surface area contributed by atoms with E-state index < -0.39 is 0 Å². The van der Waals surface area contributed by atoms with Crippen molar-refractivity contribution in [1.82, 2.24) is 15.0 Å². The Morgan fingerprint density at radius 3 is 2.75 bits per heavy atom. The number of carbonyl (C=O) groups excluding carboxylic acids is 1. The molecular formula is C22H29N3O3. The first-order chi connectivity index (χ1) is 13.8. The van der Waals surface area contributed by atoms with Gasteiger partial charge < -0.3 is 14.2 Å². The predicted molar refractivity (Wildman–Crippen MR) is 105 cm³/mol. The number of nitrogens with zero attached hydrogens (tertiary/aromatic N) is 3. The summed E-state index contributed by atoms with van der Waals surface area (Å²) in [5.74, 6) is 2.55. The third kappa shape index (κ3) is 4.98. The topological polar surface area (TPSA) is 68.5 Å².